The van der Waals surface area contributed by atoms with E-state index >= 15 is 0 Å². The van der Waals surface area contributed by atoms with Gasteiger partial charge in [-0.3, -0.25) is 9.69 Å². The largest absolute Gasteiger partial charge is 0.481 e. The van der Waals surface area contributed by atoms with Gasteiger partial charge in [-0.25, -0.2) is 8.78 Å². The number of hydrogen-bond acceptors (Lipinski definition) is 2. The van der Waals surface area contributed by atoms with Crippen LogP contribution in [0, 0.1) is 11.6 Å². The molecule has 1 N–H and O–H groups in total. The van der Waals surface area contributed by atoms with Crippen molar-refractivity contribution in [2.45, 2.75) is 44.6 Å². The number of benzene rings is 1. The van der Waals surface area contributed by atoms with Crippen molar-refractivity contribution in [3.05, 3.63) is 35.4 Å². The number of likely N-dealkylation sites (tertiary alicyclic amines) is 1. The number of rotatable bonds is 4. The lowest BCUT2D eigenvalue weighted by Crippen LogP contribution is -2.46. The summed E-state index contributed by atoms with van der Waals surface area (Å²) in [6.07, 6.45) is 3.84. The third-order valence-corrected chi connectivity index (χ3v) is 4.33. The number of nitrogens with zero attached hydrogens (tertiary/aromatic N) is 1. The Morgan fingerprint density at radius 2 is 1.86 bits per heavy atom. The average Bonchev–Trinajstić information content (AvgIpc) is 2.70. The summed E-state index contributed by atoms with van der Waals surface area (Å²) in [7, 11) is 0. The van der Waals surface area contributed by atoms with Crippen LogP contribution in [0.15, 0.2) is 18.2 Å². The maximum Gasteiger partial charge on any atom is 0.305 e. The van der Waals surface area contributed by atoms with E-state index in [-0.39, 0.29) is 12.0 Å². The summed E-state index contributed by atoms with van der Waals surface area (Å²) >= 11 is 0. The molecule has 0 aromatic heterocycles. The second-order valence-electron chi connectivity index (χ2n) is 5.85. The van der Waals surface area contributed by atoms with E-state index < -0.39 is 23.1 Å². The minimum absolute atomic E-state index is 0.131. The lowest BCUT2D eigenvalue weighted by atomic mass is 9.85. The molecule has 1 atom stereocenters. The standard InChI is InChI=1S/C16H21F2NO2/c1-16(11-14(20)21,19-9-4-2-3-5-10-19)12-7-6-8-13(17)15(12)18/h6-8H,2-5,9-11H2,1H3,(H,20,21). The molecule has 1 unspecified atom stereocenters. The monoisotopic (exact) mass is 297 g/mol. The second kappa shape index (κ2) is 6.52. The number of hydrogen-bond donors (Lipinski definition) is 1. The van der Waals surface area contributed by atoms with Gasteiger partial charge in [0, 0.05) is 5.56 Å². The Kier molecular flexibility index (Phi) is 4.93. The van der Waals surface area contributed by atoms with Gasteiger partial charge in [-0.1, -0.05) is 25.0 Å². The molecule has 5 heteroatoms. The molecule has 0 bridgehead atoms. The van der Waals surface area contributed by atoms with E-state index in [1.54, 1.807) is 6.92 Å². The topological polar surface area (TPSA) is 40.5 Å². The zero-order valence-electron chi connectivity index (χ0n) is 12.2. The summed E-state index contributed by atoms with van der Waals surface area (Å²) < 4.78 is 27.8. The van der Waals surface area contributed by atoms with Gasteiger partial charge in [0.2, 0.25) is 0 Å². The zero-order chi connectivity index (χ0) is 15.5. The highest BCUT2D eigenvalue weighted by Gasteiger charge is 2.38. The van der Waals surface area contributed by atoms with Crippen LogP contribution in [0.4, 0.5) is 8.78 Å². The zero-order valence-corrected chi connectivity index (χ0v) is 12.2. The predicted molar refractivity (Wildman–Crippen MR) is 76.0 cm³/mol. The first kappa shape index (κ1) is 15.9. The third kappa shape index (κ3) is 3.40. The molecule has 1 aliphatic rings. The fourth-order valence-corrected chi connectivity index (χ4v) is 3.16. The van der Waals surface area contributed by atoms with Crippen molar-refractivity contribution < 1.29 is 18.7 Å². The van der Waals surface area contributed by atoms with E-state index in [1.165, 1.54) is 12.1 Å². The van der Waals surface area contributed by atoms with Crippen molar-refractivity contribution in [3.8, 4) is 0 Å². The van der Waals surface area contributed by atoms with Crippen molar-refractivity contribution in [2.24, 2.45) is 0 Å². The highest BCUT2D eigenvalue weighted by atomic mass is 19.2. The van der Waals surface area contributed by atoms with Gasteiger partial charge < -0.3 is 5.11 Å². The number of carboxylic acid groups (broad SMARTS) is 1. The number of carbonyl (C=O) groups is 1. The van der Waals surface area contributed by atoms with Crippen molar-refractivity contribution in [2.75, 3.05) is 13.1 Å². The van der Waals surface area contributed by atoms with Gasteiger partial charge in [-0.2, -0.15) is 0 Å². The quantitative estimate of drug-likeness (QED) is 0.924. The number of halogens is 2. The molecule has 0 amide bonds. The van der Waals surface area contributed by atoms with Crippen LogP contribution < -0.4 is 0 Å². The normalized spacial score (nSPS) is 19.8. The maximum atomic E-state index is 14.2. The molecule has 0 radical (unpaired) electrons. The summed E-state index contributed by atoms with van der Waals surface area (Å²) in [5.74, 6) is -2.88. The van der Waals surface area contributed by atoms with Crippen molar-refractivity contribution >= 4 is 5.97 Å². The molecule has 0 spiro atoms. The number of aliphatic carboxylic acids is 1. The Bertz CT molecular complexity index is 513. The van der Waals surface area contributed by atoms with Gasteiger partial charge in [0.25, 0.3) is 0 Å². The van der Waals surface area contributed by atoms with Crippen LogP contribution >= 0.6 is 0 Å². The third-order valence-electron chi connectivity index (χ3n) is 4.33. The van der Waals surface area contributed by atoms with Crippen LogP contribution in [-0.4, -0.2) is 29.1 Å². The summed E-state index contributed by atoms with van der Waals surface area (Å²) in [6, 6.07) is 3.99. The van der Waals surface area contributed by atoms with Crippen LogP contribution in [0.25, 0.3) is 0 Å². The molecule has 3 nitrogen and oxygen atoms in total. The first-order valence-corrected chi connectivity index (χ1v) is 7.36. The van der Waals surface area contributed by atoms with Crippen LogP contribution in [0.1, 0.15) is 44.6 Å². The smallest absolute Gasteiger partial charge is 0.305 e. The van der Waals surface area contributed by atoms with Crippen molar-refractivity contribution in [1.82, 2.24) is 4.90 Å². The SMILES string of the molecule is CC(CC(=O)O)(c1cccc(F)c1F)N1CCCCCC1. The highest BCUT2D eigenvalue weighted by molar-refractivity contribution is 5.69. The van der Waals surface area contributed by atoms with Gasteiger partial charge in [-0.15, -0.1) is 0 Å². The fourth-order valence-electron chi connectivity index (χ4n) is 3.16. The Morgan fingerprint density at radius 3 is 2.43 bits per heavy atom. The lowest BCUT2D eigenvalue weighted by Gasteiger charge is -2.40. The molecule has 0 aliphatic carbocycles. The van der Waals surface area contributed by atoms with E-state index in [2.05, 4.69) is 0 Å². The van der Waals surface area contributed by atoms with Gasteiger partial charge in [0.1, 0.15) is 0 Å². The van der Waals surface area contributed by atoms with E-state index in [0.717, 1.165) is 31.7 Å². The molecule has 1 heterocycles. The molecule has 0 saturated carbocycles. The van der Waals surface area contributed by atoms with Crippen molar-refractivity contribution in [1.29, 1.82) is 0 Å². The Hall–Kier alpha value is -1.49. The van der Waals surface area contributed by atoms with E-state index in [0.29, 0.717) is 13.1 Å². The second-order valence-corrected chi connectivity index (χ2v) is 5.85. The van der Waals surface area contributed by atoms with Crippen LogP contribution in [-0.2, 0) is 10.3 Å². The van der Waals surface area contributed by atoms with Crippen molar-refractivity contribution in [3.63, 3.8) is 0 Å². The Labute approximate surface area is 123 Å². The van der Waals surface area contributed by atoms with Crippen LogP contribution in [0.2, 0.25) is 0 Å². The molecule has 116 valence electrons. The van der Waals surface area contributed by atoms with E-state index in [1.807, 2.05) is 4.90 Å². The van der Waals surface area contributed by atoms with E-state index in [9.17, 15) is 18.7 Å². The van der Waals surface area contributed by atoms with Gasteiger partial charge in [0.15, 0.2) is 11.6 Å². The van der Waals surface area contributed by atoms with Crippen LogP contribution in [0.3, 0.4) is 0 Å². The lowest BCUT2D eigenvalue weighted by molar-refractivity contribution is -0.140. The average molecular weight is 297 g/mol. The van der Waals surface area contributed by atoms with Gasteiger partial charge >= 0.3 is 5.97 Å². The molecule has 1 fully saturated rings. The number of carboxylic acids is 1. The van der Waals surface area contributed by atoms with Gasteiger partial charge in [-0.05, 0) is 38.9 Å². The molecule has 21 heavy (non-hydrogen) atoms. The van der Waals surface area contributed by atoms with Crippen LogP contribution in [0.5, 0.6) is 0 Å². The molecular formula is C16H21F2NO2. The summed E-state index contributed by atoms with van der Waals surface area (Å²) in [4.78, 5) is 13.3. The highest BCUT2D eigenvalue weighted by Crippen LogP contribution is 2.36. The van der Waals surface area contributed by atoms with Gasteiger partial charge in [0.05, 0.1) is 12.0 Å². The Morgan fingerprint density at radius 1 is 1.24 bits per heavy atom. The first-order chi connectivity index (χ1) is 9.95. The Balaban J connectivity index is 2.44. The molecule has 1 aromatic carbocycles. The molecule has 1 aliphatic heterocycles. The van der Waals surface area contributed by atoms with E-state index in [4.69, 9.17) is 0 Å². The molecule has 2 rings (SSSR count). The summed E-state index contributed by atoms with van der Waals surface area (Å²) in [6.45, 7) is 3.11. The molecule has 1 aromatic rings. The summed E-state index contributed by atoms with van der Waals surface area (Å²) in [5.41, 5.74) is -0.894. The predicted octanol–water partition coefficient (Wildman–Crippen LogP) is 3.53. The first-order valence-electron chi connectivity index (χ1n) is 7.36. The molecule has 1 saturated heterocycles. The summed E-state index contributed by atoms with van der Waals surface area (Å²) in [5, 5.41) is 9.23. The minimum Gasteiger partial charge on any atom is -0.481 e. The molecular weight excluding hydrogens is 276 g/mol. The fraction of sp³-hybridized carbons (Fsp3) is 0.562. The minimum atomic E-state index is -1.03. The maximum absolute atomic E-state index is 14.2.